The maximum absolute atomic E-state index is 5.45. The van der Waals surface area contributed by atoms with E-state index >= 15 is 0 Å². The number of anilines is 1. The summed E-state index contributed by atoms with van der Waals surface area (Å²) in [6.45, 7) is 4.96. The highest BCUT2D eigenvalue weighted by Gasteiger charge is 2.13. The Bertz CT molecular complexity index is 538. The molecule has 4 nitrogen and oxygen atoms in total. The molecule has 1 heterocycles. The molecule has 0 saturated carbocycles. The molecule has 1 aromatic carbocycles. The van der Waals surface area contributed by atoms with Gasteiger partial charge in [0.05, 0.1) is 7.11 Å². The molecule has 2 rings (SSSR count). The fourth-order valence-electron chi connectivity index (χ4n) is 1.96. The second kappa shape index (κ2) is 6.18. The lowest BCUT2D eigenvalue weighted by atomic mass is 10.1. The Morgan fingerprint density at radius 3 is 2.42 bits per heavy atom. The molecule has 0 spiro atoms. The van der Waals surface area contributed by atoms with Gasteiger partial charge in [-0.15, -0.1) is 0 Å². The fraction of sp³-hybridized carbons (Fsp3) is 0.333. The van der Waals surface area contributed by atoms with E-state index in [0.717, 1.165) is 30.0 Å². The van der Waals surface area contributed by atoms with Crippen molar-refractivity contribution in [3.63, 3.8) is 0 Å². The van der Waals surface area contributed by atoms with E-state index in [2.05, 4.69) is 46.5 Å². The molecular weight excluding hydrogens is 238 g/mol. The Morgan fingerprint density at radius 2 is 1.84 bits per heavy atom. The summed E-state index contributed by atoms with van der Waals surface area (Å²) in [7, 11) is 1.64. The maximum atomic E-state index is 5.45. The number of rotatable bonds is 5. The highest BCUT2D eigenvalue weighted by Crippen LogP contribution is 2.32. The number of aromatic nitrogens is 2. The van der Waals surface area contributed by atoms with Gasteiger partial charge < -0.3 is 10.1 Å². The van der Waals surface area contributed by atoms with Crippen molar-refractivity contribution in [2.75, 3.05) is 19.0 Å². The topological polar surface area (TPSA) is 47.0 Å². The van der Waals surface area contributed by atoms with Crippen LogP contribution in [0.5, 0.6) is 5.75 Å². The molecule has 0 radical (unpaired) electrons. The van der Waals surface area contributed by atoms with Crippen LogP contribution < -0.4 is 10.1 Å². The first-order valence-corrected chi connectivity index (χ1v) is 6.52. The molecule has 0 bridgehead atoms. The highest BCUT2D eigenvalue weighted by atomic mass is 16.5. The largest absolute Gasteiger partial charge is 0.491 e. The zero-order chi connectivity index (χ0) is 13.7. The molecule has 4 heteroatoms. The Labute approximate surface area is 113 Å². The van der Waals surface area contributed by atoms with Crippen LogP contribution in [-0.4, -0.2) is 23.6 Å². The van der Waals surface area contributed by atoms with Gasteiger partial charge in [-0.1, -0.05) is 31.2 Å². The van der Waals surface area contributed by atoms with E-state index in [1.165, 1.54) is 5.56 Å². The number of aryl methyl sites for hydroxylation is 1. The molecular formula is C15H19N3O. The molecule has 0 saturated heterocycles. The molecule has 0 aliphatic rings. The van der Waals surface area contributed by atoms with Crippen molar-refractivity contribution in [3.05, 3.63) is 36.2 Å². The molecule has 0 amide bonds. The molecule has 1 N–H and O–H groups in total. The molecule has 0 aliphatic heterocycles. The van der Waals surface area contributed by atoms with Crippen molar-refractivity contribution in [2.45, 2.75) is 20.3 Å². The summed E-state index contributed by atoms with van der Waals surface area (Å²) >= 11 is 0. The van der Waals surface area contributed by atoms with E-state index in [-0.39, 0.29) is 0 Å². The number of nitrogens with zero attached hydrogens (tertiary/aromatic N) is 2. The minimum Gasteiger partial charge on any atom is -0.491 e. The molecule has 0 atom stereocenters. The van der Waals surface area contributed by atoms with Gasteiger partial charge in [-0.05, 0) is 18.9 Å². The minimum atomic E-state index is 0.689. The number of hydrogen-bond donors (Lipinski definition) is 1. The van der Waals surface area contributed by atoms with Crippen LogP contribution in [0.25, 0.3) is 11.3 Å². The summed E-state index contributed by atoms with van der Waals surface area (Å²) < 4.78 is 5.45. The highest BCUT2D eigenvalue weighted by molar-refractivity contribution is 5.72. The van der Waals surface area contributed by atoms with Crippen LogP contribution in [0, 0.1) is 0 Å². The van der Waals surface area contributed by atoms with Gasteiger partial charge in [0, 0.05) is 12.1 Å². The quantitative estimate of drug-likeness (QED) is 0.893. The molecule has 0 aliphatic carbocycles. The van der Waals surface area contributed by atoms with Crippen molar-refractivity contribution >= 4 is 5.82 Å². The van der Waals surface area contributed by atoms with Gasteiger partial charge in [-0.25, -0.2) is 9.97 Å². The van der Waals surface area contributed by atoms with Gasteiger partial charge in [0.15, 0.2) is 11.6 Å². The third kappa shape index (κ3) is 2.84. The van der Waals surface area contributed by atoms with Crippen molar-refractivity contribution in [1.82, 2.24) is 9.97 Å². The first kappa shape index (κ1) is 13.3. The van der Waals surface area contributed by atoms with Crippen LogP contribution in [0.4, 0.5) is 5.82 Å². The zero-order valence-electron chi connectivity index (χ0n) is 11.6. The van der Waals surface area contributed by atoms with Crippen LogP contribution >= 0.6 is 0 Å². The van der Waals surface area contributed by atoms with Crippen LogP contribution in [0.3, 0.4) is 0 Å². The van der Waals surface area contributed by atoms with E-state index in [0.29, 0.717) is 5.75 Å². The van der Waals surface area contributed by atoms with Crippen molar-refractivity contribution in [1.29, 1.82) is 0 Å². The summed E-state index contributed by atoms with van der Waals surface area (Å²) in [5.74, 6) is 1.42. The predicted molar refractivity (Wildman–Crippen MR) is 77.6 cm³/mol. The molecule has 19 heavy (non-hydrogen) atoms. The Morgan fingerprint density at radius 1 is 1.11 bits per heavy atom. The average Bonchev–Trinajstić information content (AvgIpc) is 2.47. The lowest BCUT2D eigenvalue weighted by molar-refractivity contribution is 0.414. The van der Waals surface area contributed by atoms with Gasteiger partial charge in [-0.3, -0.25) is 0 Å². The van der Waals surface area contributed by atoms with E-state index in [9.17, 15) is 0 Å². The van der Waals surface area contributed by atoms with E-state index < -0.39 is 0 Å². The molecule has 0 unspecified atom stereocenters. The Kier molecular flexibility index (Phi) is 4.34. The van der Waals surface area contributed by atoms with Crippen molar-refractivity contribution in [2.24, 2.45) is 0 Å². The first-order valence-electron chi connectivity index (χ1n) is 6.52. The number of methoxy groups -OCH3 is 1. The molecule has 100 valence electrons. The lowest BCUT2D eigenvalue weighted by Gasteiger charge is -2.12. The average molecular weight is 257 g/mol. The normalized spacial score (nSPS) is 10.3. The monoisotopic (exact) mass is 257 g/mol. The summed E-state index contributed by atoms with van der Waals surface area (Å²) in [6, 6.07) is 8.37. The SMILES string of the molecule is CCNc1ncnc(-c2ccc(CC)cc2)c1OC. The van der Waals surface area contributed by atoms with Gasteiger partial charge in [0.2, 0.25) is 0 Å². The van der Waals surface area contributed by atoms with Crippen LogP contribution in [0.1, 0.15) is 19.4 Å². The van der Waals surface area contributed by atoms with E-state index in [1.54, 1.807) is 13.4 Å². The molecule has 0 fully saturated rings. The van der Waals surface area contributed by atoms with Gasteiger partial charge in [-0.2, -0.15) is 0 Å². The van der Waals surface area contributed by atoms with E-state index in [4.69, 9.17) is 4.74 Å². The smallest absolute Gasteiger partial charge is 0.187 e. The standard InChI is InChI=1S/C15H19N3O/c1-4-11-6-8-12(9-7-11)13-14(19-3)15(16-5-2)18-10-17-13/h6-10H,4-5H2,1-3H3,(H,16,17,18). The summed E-state index contributed by atoms with van der Waals surface area (Å²) in [4.78, 5) is 8.55. The molecule has 2 aromatic rings. The predicted octanol–water partition coefficient (Wildman–Crippen LogP) is 3.15. The van der Waals surface area contributed by atoms with Gasteiger partial charge in [0.25, 0.3) is 0 Å². The third-order valence-electron chi connectivity index (χ3n) is 2.99. The van der Waals surface area contributed by atoms with E-state index in [1.807, 2.05) is 6.92 Å². The van der Waals surface area contributed by atoms with Crippen molar-refractivity contribution in [3.8, 4) is 17.0 Å². The zero-order valence-corrected chi connectivity index (χ0v) is 11.6. The fourth-order valence-corrected chi connectivity index (χ4v) is 1.96. The van der Waals surface area contributed by atoms with Crippen LogP contribution in [0.15, 0.2) is 30.6 Å². The van der Waals surface area contributed by atoms with Gasteiger partial charge in [0.1, 0.15) is 12.0 Å². The summed E-state index contributed by atoms with van der Waals surface area (Å²) in [6.07, 6.45) is 2.59. The second-order valence-electron chi connectivity index (χ2n) is 4.18. The number of ether oxygens (including phenoxy) is 1. The number of nitrogens with one attached hydrogen (secondary N) is 1. The van der Waals surface area contributed by atoms with Crippen LogP contribution in [0.2, 0.25) is 0 Å². The Hall–Kier alpha value is -2.10. The minimum absolute atomic E-state index is 0.689. The van der Waals surface area contributed by atoms with Gasteiger partial charge >= 0.3 is 0 Å². The first-order chi connectivity index (χ1) is 9.30. The summed E-state index contributed by atoms with van der Waals surface area (Å²) in [5, 5.41) is 3.18. The number of benzene rings is 1. The Balaban J connectivity index is 2.45. The van der Waals surface area contributed by atoms with Crippen LogP contribution in [-0.2, 0) is 6.42 Å². The summed E-state index contributed by atoms with van der Waals surface area (Å²) in [5.41, 5.74) is 3.16. The number of hydrogen-bond acceptors (Lipinski definition) is 4. The third-order valence-corrected chi connectivity index (χ3v) is 2.99. The molecule has 1 aromatic heterocycles. The van der Waals surface area contributed by atoms with Crippen molar-refractivity contribution < 1.29 is 4.74 Å². The maximum Gasteiger partial charge on any atom is 0.187 e. The second-order valence-corrected chi connectivity index (χ2v) is 4.18. The lowest BCUT2D eigenvalue weighted by Crippen LogP contribution is -2.04.